The zero-order valence-electron chi connectivity index (χ0n) is 10.4. The van der Waals surface area contributed by atoms with Gasteiger partial charge in [0.2, 0.25) is 0 Å². The van der Waals surface area contributed by atoms with Crippen LogP contribution in [0.3, 0.4) is 0 Å². The maximum atomic E-state index is 5.80. The molecule has 5 N–H and O–H groups in total. The van der Waals surface area contributed by atoms with Gasteiger partial charge in [-0.2, -0.15) is 0 Å². The van der Waals surface area contributed by atoms with Gasteiger partial charge in [-0.15, -0.1) is 0 Å². The first-order valence-corrected chi connectivity index (χ1v) is 6.45. The Labute approximate surface area is 115 Å². The molecule has 0 bridgehead atoms. The minimum atomic E-state index is 0.590. The maximum Gasteiger partial charge on any atom is 0.0568 e. The third-order valence-electron chi connectivity index (χ3n) is 2.85. The van der Waals surface area contributed by atoms with Crippen LogP contribution in [-0.2, 0) is 0 Å². The molecule has 2 rings (SSSR count). The summed E-state index contributed by atoms with van der Waals surface area (Å²) in [7, 11) is 0. The van der Waals surface area contributed by atoms with Crippen LogP contribution in [0.1, 0.15) is 11.1 Å². The Kier molecular flexibility index (Phi) is 3.48. The summed E-state index contributed by atoms with van der Waals surface area (Å²) < 4.78 is 1.08. The first-order chi connectivity index (χ1) is 8.47. The standard InChI is InChI=1S/C14H16BrN3/c1-8-5-10(15)6-9(2)14(8)18-11-3-4-12(16)13(17)7-11/h3-7,18H,16-17H2,1-2H3. The van der Waals surface area contributed by atoms with E-state index >= 15 is 0 Å². The van der Waals surface area contributed by atoms with Gasteiger partial charge in [0.25, 0.3) is 0 Å². The molecule has 0 spiro atoms. The van der Waals surface area contributed by atoms with Gasteiger partial charge in [-0.1, -0.05) is 15.9 Å². The molecule has 0 saturated carbocycles. The molecule has 0 saturated heterocycles. The number of benzene rings is 2. The van der Waals surface area contributed by atoms with Gasteiger partial charge in [-0.25, -0.2) is 0 Å². The smallest absolute Gasteiger partial charge is 0.0568 e. The van der Waals surface area contributed by atoms with Crippen LogP contribution in [0.2, 0.25) is 0 Å². The quantitative estimate of drug-likeness (QED) is 0.735. The van der Waals surface area contributed by atoms with Gasteiger partial charge in [0, 0.05) is 15.8 Å². The molecular formula is C14H16BrN3. The summed E-state index contributed by atoms with van der Waals surface area (Å²) in [6.45, 7) is 4.14. The van der Waals surface area contributed by atoms with Gasteiger partial charge in [0.1, 0.15) is 0 Å². The highest BCUT2D eigenvalue weighted by atomic mass is 79.9. The second-order valence-corrected chi connectivity index (χ2v) is 5.30. The molecule has 0 unspecified atom stereocenters. The van der Waals surface area contributed by atoms with Crippen molar-refractivity contribution in [1.82, 2.24) is 0 Å². The van der Waals surface area contributed by atoms with Gasteiger partial charge >= 0.3 is 0 Å². The van der Waals surface area contributed by atoms with E-state index in [-0.39, 0.29) is 0 Å². The number of nitrogen functional groups attached to an aromatic ring is 2. The first-order valence-electron chi connectivity index (χ1n) is 5.66. The minimum absolute atomic E-state index is 0.590. The molecule has 2 aromatic rings. The molecule has 0 atom stereocenters. The molecule has 0 heterocycles. The lowest BCUT2D eigenvalue weighted by Gasteiger charge is -2.14. The number of rotatable bonds is 2. The zero-order valence-corrected chi connectivity index (χ0v) is 12.0. The fourth-order valence-electron chi connectivity index (χ4n) is 1.90. The van der Waals surface area contributed by atoms with Crippen molar-refractivity contribution in [2.75, 3.05) is 16.8 Å². The van der Waals surface area contributed by atoms with E-state index in [0.717, 1.165) is 15.8 Å². The monoisotopic (exact) mass is 305 g/mol. The Hall–Kier alpha value is -1.68. The number of nitrogens with two attached hydrogens (primary N) is 2. The lowest BCUT2D eigenvalue weighted by Crippen LogP contribution is -1.99. The summed E-state index contributed by atoms with van der Waals surface area (Å²) in [6.07, 6.45) is 0. The lowest BCUT2D eigenvalue weighted by molar-refractivity contribution is 1.34. The first kappa shape index (κ1) is 12.8. The second kappa shape index (κ2) is 4.90. The Morgan fingerprint density at radius 3 is 2.11 bits per heavy atom. The van der Waals surface area contributed by atoms with E-state index in [1.54, 1.807) is 6.07 Å². The number of hydrogen-bond donors (Lipinski definition) is 3. The Morgan fingerprint density at radius 1 is 0.944 bits per heavy atom. The number of hydrogen-bond acceptors (Lipinski definition) is 3. The van der Waals surface area contributed by atoms with Crippen LogP contribution in [0, 0.1) is 13.8 Å². The van der Waals surface area contributed by atoms with Crippen molar-refractivity contribution in [3.8, 4) is 0 Å². The van der Waals surface area contributed by atoms with Crippen molar-refractivity contribution in [2.24, 2.45) is 0 Å². The van der Waals surface area contributed by atoms with Gasteiger partial charge < -0.3 is 16.8 Å². The molecule has 0 aliphatic rings. The van der Waals surface area contributed by atoms with Crippen molar-refractivity contribution in [1.29, 1.82) is 0 Å². The number of nitrogens with one attached hydrogen (secondary N) is 1. The molecule has 94 valence electrons. The number of halogens is 1. The van der Waals surface area contributed by atoms with Crippen LogP contribution in [-0.4, -0.2) is 0 Å². The molecule has 2 aromatic carbocycles. The summed E-state index contributed by atoms with van der Waals surface area (Å²) in [5.41, 5.74) is 17.1. The summed E-state index contributed by atoms with van der Waals surface area (Å²) in [5.74, 6) is 0. The van der Waals surface area contributed by atoms with E-state index in [1.165, 1.54) is 11.1 Å². The van der Waals surface area contributed by atoms with Gasteiger partial charge in [0.05, 0.1) is 11.4 Å². The molecule has 3 nitrogen and oxygen atoms in total. The predicted octanol–water partition coefficient (Wildman–Crippen LogP) is 3.97. The van der Waals surface area contributed by atoms with Crippen molar-refractivity contribution in [2.45, 2.75) is 13.8 Å². The van der Waals surface area contributed by atoms with Crippen LogP contribution < -0.4 is 16.8 Å². The van der Waals surface area contributed by atoms with Crippen LogP contribution in [0.25, 0.3) is 0 Å². The minimum Gasteiger partial charge on any atom is -0.397 e. The van der Waals surface area contributed by atoms with Crippen LogP contribution in [0.4, 0.5) is 22.7 Å². The fourth-order valence-corrected chi connectivity index (χ4v) is 2.59. The van der Waals surface area contributed by atoms with E-state index in [0.29, 0.717) is 11.4 Å². The normalized spacial score (nSPS) is 10.4. The van der Waals surface area contributed by atoms with Gasteiger partial charge in [-0.05, 0) is 55.3 Å². The van der Waals surface area contributed by atoms with E-state index in [4.69, 9.17) is 11.5 Å². The van der Waals surface area contributed by atoms with Gasteiger partial charge in [-0.3, -0.25) is 0 Å². The highest BCUT2D eigenvalue weighted by Crippen LogP contribution is 2.29. The predicted molar refractivity (Wildman–Crippen MR) is 82.2 cm³/mol. The third-order valence-corrected chi connectivity index (χ3v) is 3.31. The van der Waals surface area contributed by atoms with Crippen LogP contribution in [0.15, 0.2) is 34.8 Å². The Bertz CT molecular complexity index is 571. The highest BCUT2D eigenvalue weighted by Gasteiger charge is 2.05. The van der Waals surface area contributed by atoms with E-state index < -0.39 is 0 Å². The summed E-state index contributed by atoms with van der Waals surface area (Å²) in [5, 5.41) is 3.38. The Balaban J connectivity index is 2.37. The lowest BCUT2D eigenvalue weighted by atomic mass is 10.1. The molecule has 0 amide bonds. The molecule has 4 heteroatoms. The zero-order chi connectivity index (χ0) is 13.3. The summed E-state index contributed by atoms with van der Waals surface area (Å²) in [6, 6.07) is 9.73. The third kappa shape index (κ3) is 2.59. The van der Waals surface area contributed by atoms with Crippen molar-refractivity contribution < 1.29 is 0 Å². The number of anilines is 4. The van der Waals surface area contributed by atoms with E-state index in [1.807, 2.05) is 12.1 Å². The summed E-state index contributed by atoms with van der Waals surface area (Å²) in [4.78, 5) is 0. The molecule has 0 radical (unpaired) electrons. The molecule has 18 heavy (non-hydrogen) atoms. The van der Waals surface area contributed by atoms with Crippen molar-refractivity contribution in [3.63, 3.8) is 0 Å². The van der Waals surface area contributed by atoms with Crippen LogP contribution >= 0.6 is 15.9 Å². The van der Waals surface area contributed by atoms with E-state index in [2.05, 4.69) is 47.2 Å². The van der Waals surface area contributed by atoms with Crippen molar-refractivity contribution >= 4 is 38.7 Å². The average Bonchev–Trinajstić information content (AvgIpc) is 2.28. The second-order valence-electron chi connectivity index (χ2n) is 4.38. The SMILES string of the molecule is Cc1cc(Br)cc(C)c1Nc1ccc(N)c(N)c1. The fraction of sp³-hybridized carbons (Fsp3) is 0.143. The molecular weight excluding hydrogens is 290 g/mol. The Morgan fingerprint density at radius 2 is 1.56 bits per heavy atom. The molecule has 0 aliphatic heterocycles. The summed E-state index contributed by atoms with van der Waals surface area (Å²) >= 11 is 3.49. The average molecular weight is 306 g/mol. The molecule has 0 fully saturated rings. The topological polar surface area (TPSA) is 64.1 Å². The largest absolute Gasteiger partial charge is 0.397 e. The highest BCUT2D eigenvalue weighted by molar-refractivity contribution is 9.10. The van der Waals surface area contributed by atoms with E-state index in [9.17, 15) is 0 Å². The van der Waals surface area contributed by atoms with Crippen LogP contribution in [0.5, 0.6) is 0 Å². The molecule has 0 aliphatic carbocycles. The van der Waals surface area contributed by atoms with Crippen molar-refractivity contribution in [3.05, 3.63) is 45.9 Å². The molecule has 0 aromatic heterocycles. The van der Waals surface area contributed by atoms with Gasteiger partial charge in [0.15, 0.2) is 0 Å². The number of aryl methyl sites for hydroxylation is 2. The maximum absolute atomic E-state index is 5.80.